The lowest BCUT2D eigenvalue weighted by Crippen LogP contribution is -2.54. The van der Waals surface area contributed by atoms with E-state index in [9.17, 15) is 14.4 Å². The summed E-state index contributed by atoms with van der Waals surface area (Å²) in [6, 6.07) is 15.5. The fourth-order valence-corrected chi connectivity index (χ4v) is 3.53. The van der Waals surface area contributed by atoms with Crippen molar-refractivity contribution in [2.45, 2.75) is 19.0 Å². The van der Waals surface area contributed by atoms with Crippen LogP contribution in [0.5, 0.6) is 0 Å². The molecule has 0 aromatic heterocycles. The zero-order chi connectivity index (χ0) is 20.6. The van der Waals surface area contributed by atoms with Crippen LogP contribution in [0.3, 0.4) is 0 Å². The molecule has 8 heteroatoms. The van der Waals surface area contributed by atoms with Crippen LogP contribution in [0, 0.1) is 0 Å². The van der Waals surface area contributed by atoms with Gasteiger partial charge in [-0.25, -0.2) is 4.79 Å². The van der Waals surface area contributed by atoms with E-state index in [2.05, 4.69) is 16.0 Å². The van der Waals surface area contributed by atoms with Gasteiger partial charge in [0.05, 0.1) is 11.4 Å². The zero-order valence-electron chi connectivity index (χ0n) is 16.2. The minimum Gasteiger partial charge on any atom is -0.350 e. The number of amides is 4. The molecule has 1 aliphatic rings. The Kier molecular flexibility index (Phi) is 7.13. The standard InChI is InChI=1S/C21H24N4O3S/c1-29-12-11-17(20(27)22-13-15-7-3-2-4-8-15)24-21(28)25-14-19(26)23-16-9-5-6-10-18(16)25/h2-10,17H,11-14H2,1H3,(H,22,27)(H,23,26)(H,24,28)/t17-/m0/s1. The Morgan fingerprint density at radius 2 is 1.86 bits per heavy atom. The van der Waals surface area contributed by atoms with E-state index in [0.29, 0.717) is 24.3 Å². The Labute approximate surface area is 174 Å². The molecule has 2 aromatic carbocycles. The number of rotatable bonds is 7. The molecule has 0 unspecified atom stereocenters. The van der Waals surface area contributed by atoms with Crippen molar-refractivity contribution in [3.63, 3.8) is 0 Å². The van der Waals surface area contributed by atoms with Crippen LogP contribution < -0.4 is 20.9 Å². The molecule has 0 spiro atoms. The van der Waals surface area contributed by atoms with E-state index in [1.807, 2.05) is 36.6 Å². The van der Waals surface area contributed by atoms with E-state index in [1.54, 1.807) is 36.0 Å². The number of fused-ring (bicyclic) bond motifs is 1. The van der Waals surface area contributed by atoms with Gasteiger partial charge < -0.3 is 16.0 Å². The van der Waals surface area contributed by atoms with Gasteiger partial charge in [-0.1, -0.05) is 42.5 Å². The number of nitrogens with one attached hydrogen (secondary N) is 3. The molecule has 29 heavy (non-hydrogen) atoms. The number of hydrogen-bond donors (Lipinski definition) is 3. The number of urea groups is 1. The molecule has 4 amide bonds. The molecule has 0 fully saturated rings. The summed E-state index contributed by atoms with van der Waals surface area (Å²) in [7, 11) is 0. The molecular formula is C21H24N4O3S. The summed E-state index contributed by atoms with van der Waals surface area (Å²) in [5.41, 5.74) is 2.17. The highest BCUT2D eigenvalue weighted by Crippen LogP contribution is 2.28. The normalized spacial score (nSPS) is 13.8. The predicted octanol–water partition coefficient (Wildman–Crippen LogP) is 2.59. The monoisotopic (exact) mass is 412 g/mol. The van der Waals surface area contributed by atoms with Crippen LogP contribution in [0.15, 0.2) is 54.6 Å². The van der Waals surface area contributed by atoms with E-state index in [-0.39, 0.29) is 18.4 Å². The summed E-state index contributed by atoms with van der Waals surface area (Å²) in [5.74, 6) is 0.208. The molecule has 2 aromatic rings. The van der Waals surface area contributed by atoms with Crippen LogP contribution in [0.4, 0.5) is 16.2 Å². The summed E-state index contributed by atoms with van der Waals surface area (Å²) in [6.07, 6.45) is 2.45. The second kappa shape index (κ2) is 9.97. The largest absolute Gasteiger partial charge is 0.350 e. The van der Waals surface area contributed by atoms with Gasteiger partial charge in [0.1, 0.15) is 12.6 Å². The SMILES string of the molecule is CSCC[C@H](NC(=O)N1CC(=O)Nc2ccccc21)C(=O)NCc1ccccc1. The summed E-state index contributed by atoms with van der Waals surface area (Å²) >= 11 is 1.60. The third kappa shape index (κ3) is 5.51. The summed E-state index contributed by atoms with van der Waals surface area (Å²) in [5, 5.41) is 8.43. The maximum Gasteiger partial charge on any atom is 0.323 e. The molecule has 1 atom stereocenters. The molecule has 0 radical (unpaired) electrons. The van der Waals surface area contributed by atoms with Crippen molar-refractivity contribution in [3.8, 4) is 0 Å². The smallest absolute Gasteiger partial charge is 0.323 e. The molecule has 152 valence electrons. The van der Waals surface area contributed by atoms with Crippen molar-refractivity contribution in [2.75, 3.05) is 28.8 Å². The van der Waals surface area contributed by atoms with Gasteiger partial charge in [0, 0.05) is 6.54 Å². The van der Waals surface area contributed by atoms with Gasteiger partial charge in [-0.2, -0.15) is 11.8 Å². The van der Waals surface area contributed by atoms with Crippen LogP contribution >= 0.6 is 11.8 Å². The molecule has 0 bridgehead atoms. The van der Waals surface area contributed by atoms with Gasteiger partial charge in [-0.15, -0.1) is 0 Å². The number of thioether (sulfide) groups is 1. The number of para-hydroxylation sites is 2. The highest BCUT2D eigenvalue weighted by atomic mass is 32.2. The van der Waals surface area contributed by atoms with Crippen molar-refractivity contribution in [1.29, 1.82) is 0 Å². The Hall–Kier alpha value is -3.00. The molecule has 7 nitrogen and oxygen atoms in total. The minimum absolute atomic E-state index is 0.0935. The zero-order valence-corrected chi connectivity index (χ0v) is 17.0. The van der Waals surface area contributed by atoms with Crippen molar-refractivity contribution in [3.05, 3.63) is 60.2 Å². The van der Waals surface area contributed by atoms with Gasteiger partial charge in [0.2, 0.25) is 11.8 Å². The van der Waals surface area contributed by atoms with E-state index in [0.717, 1.165) is 11.3 Å². The number of carbonyl (C=O) groups excluding carboxylic acids is 3. The van der Waals surface area contributed by atoms with E-state index in [1.165, 1.54) is 4.90 Å². The van der Waals surface area contributed by atoms with Crippen LogP contribution in [-0.2, 0) is 16.1 Å². The summed E-state index contributed by atoms with van der Waals surface area (Å²) in [4.78, 5) is 39.0. The second-order valence-electron chi connectivity index (χ2n) is 6.64. The highest BCUT2D eigenvalue weighted by Gasteiger charge is 2.29. The van der Waals surface area contributed by atoms with Crippen molar-refractivity contribution in [1.82, 2.24) is 10.6 Å². The average molecular weight is 413 g/mol. The van der Waals surface area contributed by atoms with Crippen LogP contribution in [0.2, 0.25) is 0 Å². The van der Waals surface area contributed by atoms with Crippen molar-refractivity contribution < 1.29 is 14.4 Å². The summed E-state index contributed by atoms with van der Waals surface area (Å²) in [6.45, 7) is 0.296. The second-order valence-corrected chi connectivity index (χ2v) is 7.62. The highest BCUT2D eigenvalue weighted by molar-refractivity contribution is 7.98. The van der Waals surface area contributed by atoms with Gasteiger partial charge in [-0.05, 0) is 36.1 Å². The Morgan fingerprint density at radius 1 is 1.14 bits per heavy atom. The maximum atomic E-state index is 12.9. The van der Waals surface area contributed by atoms with Gasteiger partial charge >= 0.3 is 6.03 Å². The molecule has 0 saturated carbocycles. The maximum absolute atomic E-state index is 12.9. The van der Waals surface area contributed by atoms with E-state index >= 15 is 0 Å². The first kappa shape index (κ1) is 20.7. The topological polar surface area (TPSA) is 90.5 Å². The van der Waals surface area contributed by atoms with Gasteiger partial charge in [-0.3, -0.25) is 14.5 Å². The molecule has 0 saturated heterocycles. The number of hydrogen-bond acceptors (Lipinski definition) is 4. The predicted molar refractivity (Wildman–Crippen MR) is 116 cm³/mol. The number of benzene rings is 2. The minimum atomic E-state index is -0.684. The van der Waals surface area contributed by atoms with Crippen molar-refractivity contribution in [2.24, 2.45) is 0 Å². The molecule has 3 rings (SSSR count). The Bertz CT molecular complexity index is 875. The average Bonchev–Trinajstić information content (AvgIpc) is 2.74. The first-order valence-electron chi connectivity index (χ1n) is 9.36. The summed E-state index contributed by atoms with van der Waals surface area (Å²) < 4.78 is 0. The van der Waals surface area contributed by atoms with Crippen LogP contribution in [-0.4, -0.2) is 42.4 Å². The number of anilines is 2. The van der Waals surface area contributed by atoms with Gasteiger partial charge in [0.15, 0.2) is 0 Å². The van der Waals surface area contributed by atoms with Crippen LogP contribution in [0.1, 0.15) is 12.0 Å². The first-order valence-corrected chi connectivity index (χ1v) is 10.8. The fraction of sp³-hybridized carbons (Fsp3) is 0.286. The molecular weight excluding hydrogens is 388 g/mol. The molecule has 0 aliphatic carbocycles. The Balaban J connectivity index is 1.68. The van der Waals surface area contributed by atoms with Crippen molar-refractivity contribution >= 4 is 41.0 Å². The molecule has 1 aliphatic heterocycles. The number of carbonyl (C=O) groups is 3. The lowest BCUT2D eigenvalue weighted by atomic mass is 10.1. The van der Waals surface area contributed by atoms with E-state index in [4.69, 9.17) is 0 Å². The van der Waals surface area contributed by atoms with Crippen LogP contribution in [0.25, 0.3) is 0 Å². The lowest BCUT2D eigenvalue weighted by Gasteiger charge is -2.30. The van der Waals surface area contributed by atoms with E-state index < -0.39 is 12.1 Å². The first-order chi connectivity index (χ1) is 14.1. The van der Waals surface area contributed by atoms with Gasteiger partial charge in [0.25, 0.3) is 0 Å². The third-order valence-corrected chi connectivity index (χ3v) is 5.19. The quantitative estimate of drug-likeness (QED) is 0.652. The molecule has 3 N–H and O–H groups in total. The lowest BCUT2D eigenvalue weighted by molar-refractivity contribution is -0.123. The molecule has 1 heterocycles. The number of nitrogens with zero attached hydrogens (tertiary/aromatic N) is 1. The Morgan fingerprint density at radius 3 is 2.62 bits per heavy atom. The third-order valence-electron chi connectivity index (χ3n) is 4.55. The fourth-order valence-electron chi connectivity index (χ4n) is 3.05.